The number of carbonyl (C=O) groups is 1. The van der Waals surface area contributed by atoms with Crippen LogP contribution in [0.2, 0.25) is 0 Å². The number of carboxylic acid groups (broad SMARTS) is 1. The van der Waals surface area contributed by atoms with Crippen LogP contribution in [0.3, 0.4) is 0 Å². The van der Waals surface area contributed by atoms with E-state index in [1.165, 1.54) is 11.3 Å². The minimum absolute atomic E-state index is 0.312. The molecule has 1 aliphatic rings. The van der Waals surface area contributed by atoms with Gasteiger partial charge in [0.1, 0.15) is 10.6 Å². The Morgan fingerprint density at radius 2 is 2.14 bits per heavy atom. The van der Waals surface area contributed by atoms with Gasteiger partial charge in [0.05, 0.1) is 18.5 Å². The highest BCUT2D eigenvalue weighted by molar-refractivity contribution is 7.17. The van der Waals surface area contributed by atoms with Crippen LogP contribution < -0.4 is 9.64 Å². The molecule has 1 aromatic carbocycles. The summed E-state index contributed by atoms with van der Waals surface area (Å²) in [5.41, 5.74) is 1.59. The van der Waals surface area contributed by atoms with E-state index in [1.54, 1.807) is 7.11 Å². The van der Waals surface area contributed by atoms with Gasteiger partial charge in [-0.2, -0.15) is 0 Å². The number of benzene rings is 1. The molecule has 0 atom stereocenters. The Labute approximate surface area is 126 Å². The van der Waals surface area contributed by atoms with Gasteiger partial charge in [-0.3, -0.25) is 0 Å². The molecular formula is C15H16N2O3S. The van der Waals surface area contributed by atoms with Crippen LogP contribution in [0.1, 0.15) is 34.1 Å². The Bertz CT molecular complexity index is 679. The molecule has 5 nitrogen and oxygen atoms in total. The second kappa shape index (κ2) is 5.37. The number of anilines is 2. The molecule has 0 unspecified atom stereocenters. The normalized spacial score (nSPS) is 14.0. The molecule has 0 saturated heterocycles. The quantitative estimate of drug-likeness (QED) is 0.916. The minimum atomic E-state index is -0.894. The molecule has 0 spiro atoms. The van der Waals surface area contributed by atoms with Gasteiger partial charge in [0, 0.05) is 13.0 Å². The Kier molecular flexibility index (Phi) is 3.55. The van der Waals surface area contributed by atoms with E-state index in [4.69, 9.17) is 4.74 Å². The number of aromatic carboxylic acids is 1. The number of para-hydroxylation sites is 2. The summed E-state index contributed by atoms with van der Waals surface area (Å²) < 4.78 is 5.35. The molecular weight excluding hydrogens is 288 g/mol. The lowest BCUT2D eigenvalue weighted by Gasteiger charge is -2.18. The van der Waals surface area contributed by atoms with Gasteiger partial charge in [0.15, 0.2) is 5.13 Å². The highest BCUT2D eigenvalue weighted by Gasteiger charge is 2.33. The van der Waals surface area contributed by atoms with Crippen molar-refractivity contribution in [3.63, 3.8) is 0 Å². The summed E-state index contributed by atoms with van der Waals surface area (Å²) in [6.45, 7) is 0. The summed E-state index contributed by atoms with van der Waals surface area (Å²) in [5.74, 6) is 0.154. The van der Waals surface area contributed by atoms with E-state index < -0.39 is 5.97 Å². The van der Waals surface area contributed by atoms with E-state index in [1.807, 2.05) is 36.2 Å². The molecule has 21 heavy (non-hydrogen) atoms. The number of aromatic nitrogens is 1. The van der Waals surface area contributed by atoms with E-state index in [9.17, 15) is 9.90 Å². The van der Waals surface area contributed by atoms with Gasteiger partial charge in [-0.25, -0.2) is 9.78 Å². The number of carboxylic acids is 1. The first-order valence-electron chi connectivity index (χ1n) is 6.72. The lowest BCUT2D eigenvalue weighted by atomic mass is 10.2. The topological polar surface area (TPSA) is 62.7 Å². The summed E-state index contributed by atoms with van der Waals surface area (Å²) in [6.07, 6.45) is 2.06. The van der Waals surface area contributed by atoms with Crippen molar-refractivity contribution >= 4 is 28.1 Å². The van der Waals surface area contributed by atoms with Gasteiger partial charge in [-0.15, -0.1) is 0 Å². The van der Waals surface area contributed by atoms with Crippen LogP contribution in [-0.2, 0) is 0 Å². The largest absolute Gasteiger partial charge is 0.495 e. The number of ether oxygens (including phenoxy) is 1. The molecule has 1 aromatic heterocycles. The third kappa shape index (κ3) is 2.58. The Hall–Kier alpha value is -2.08. The van der Waals surface area contributed by atoms with Gasteiger partial charge in [0.25, 0.3) is 0 Å². The first kappa shape index (κ1) is 13.9. The molecule has 0 amide bonds. The van der Waals surface area contributed by atoms with Gasteiger partial charge in [0.2, 0.25) is 0 Å². The van der Waals surface area contributed by atoms with Gasteiger partial charge >= 0.3 is 5.97 Å². The van der Waals surface area contributed by atoms with E-state index in [0.29, 0.717) is 15.9 Å². The van der Waals surface area contributed by atoms with E-state index in [-0.39, 0.29) is 0 Å². The third-order valence-corrected chi connectivity index (χ3v) is 4.67. The molecule has 3 rings (SSSR count). The highest BCUT2D eigenvalue weighted by atomic mass is 32.1. The summed E-state index contributed by atoms with van der Waals surface area (Å²) in [5, 5.41) is 10.0. The minimum Gasteiger partial charge on any atom is -0.495 e. The third-order valence-electron chi connectivity index (χ3n) is 3.53. The predicted molar refractivity (Wildman–Crippen MR) is 82.1 cm³/mol. The molecule has 1 aliphatic carbocycles. The van der Waals surface area contributed by atoms with Gasteiger partial charge < -0.3 is 14.7 Å². The van der Waals surface area contributed by atoms with Crippen molar-refractivity contribution in [1.29, 1.82) is 0 Å². The zero-order valence-corrected chi connectivity index (χ0v) is 12.7. The number of hydrogen-bond acceptors (Lipinski definition) is 5. The maximum absolute atomic E-state index is 11.4. The van der Waals surface area contributed by atoms with Crippen molar-refractivity contribution in [3.05, 3.63) is 34.8 Å². The SMILES string of the molecule is COc1ccccc1N(C)c1nc(C2CC2)c(C(=O)O)s1. The van der Waals surface area contributed by atoms with Crippen LogP contribution in [0.15, 0.2) is 24.3 Å². The molecule has 2 aromatic rings. The van der Waals surface area contributed by atoms with E-state index in [2.05, 4.69) is 4.98 Å². The van der Waals surface area contributed by atoms with Crippen LogP contribution in [0, 0.1) is 0 Å². The van der Waals surface area contributed by atoms with Crippen LogP contribution in [0.25, 0.3) is 0 Å². The lowest BCUT2D eigenvalue weighted by Crippen LogP contribution is -2.10. The van der Waals surface area contributed by atoms with Crippen molar-refractivity contribution in [1.82, 2.24) is 4.98 Å². The van der Waals surface area contributed by atoms with Gasteiger partial charge in [-0.1, -0.05) is 23.5 Å². The fourth-order valence-electron chi connectivity index (χ4n) is 2.26. The maximum atomic E-state index is 11.4. The molecule has 6 heteroatoms. The maximum Gasteiger partial charge on any atom is 0.347 e. The molecule has 0 radical (unpaired) electrons. The fourth-order valence-corrected chi connectivity index (χ4v) is 3.23. The van der Waals surface area contributed by atoms with Crippen LogP contribution in [0.5, 0.6) is 5.75 Å². The summed E-state index contributed by atoms with van der Waals surface area (Å²) in [6, 6.07) is 7.62. The zero-order chi connectivity index (χ0) is 15.0. The summed E-state index contributed by atoms with van der Waals surface area (Å²) in [7, 11) is 3.49. The molecule has 1 saturated carbocycles. The van der Waals surface area contributed by atoms with Crippen molar-refractivity contribution in [2.24, 2.45) is 0 Å². The van der Waals surface area contributed by atoms with Crippen molar-refractivity contribution < 1.29 is 14.6 Å². The molecule has 1 heterocycles. The molecule has 1 N–H and O–H groups in total. The number of methoxy groups -OCH3 is 1. The summed E-state index contributed by atoms with van der Waals surface area (Å²) in [4.78, 5) is 18.2. The number of rotatable bonds is 5. The highest BCUT2D eigenvalue weighted by Crippen LogP contribution is 2.45. The molecule has 1 fully saturated rings. The molecule has 110 valence electrons. The van der Waals surface area contributed by atoms with Crippen LogP contribution in [0.4, 0.5) is 10.8 Å². The second-order valence-corrected chi connectivity index (χ2v) is 6.00. The lowest BCUT2D eigenvalue weighted by molar-refractivity contribution is 0.0700. The predicted octanol–water partition coefficient (Wildman–Crippen LogP) is 3.50. The number of hydrogen-bond donors (Lipinski definition) is 1. The monoisotopic (exact) mass is 304 g/mol. The van der Waals surface area contributed by atoms with E-state index >= 15 is 0 Å². The Morgan fingerprint density at radius 3 is 2.76 bits per heavy atom. The van der Waals surface area contributed by atoms with Crippen molar-refractivity contribution in [2.75, 3.05) is 19.1 Å². The smallest absolute Gasteiger partial charge is 0.347 e. The Balaban J connectivity index is 1.99. The standard InChI is InChI=1S/C15H16N2O3S/c1-17(10-5-3-4-6-11(10)20-2)15-16-12(9-7-8-9)13(21-15)14(18)19/h3-6,9H,7-8H2,1-2H3,(H,18,19). The number of thiazole rings is 1. The first-order chi connectivity index (χ1) is 10.1. The summed E-state index contributed by atoms with van der Waals surface area (Å²) >= 11 is 1.22. The molecule has 0 bridgehead atoms. The van der Waals surface area contributed by atoms with Crippen molar-refractivity contribution in [3.8, 4) is 5.75 Å². The zero-order valence-electron chi connectivity index (χ0n) is 11.9. The van der Waals surface area contributed by atoms with E-state index in [0.717, 1.165) is 30.0 Å². The van der Waals surface area contributed by atoms with Crippen molar-refractivity contribution in [2.45, 2.75) is 18.8 Å². The van der Waals surface area contributed by atoms with Gasteiger partial charge in [-0.05, 0) is 25.0 Å². The Morgan fingerprint density at radius 1 is 1.43 bits per heavy atom. The van der Waals surface area contributed by atoms with Crippen LogP contribution >= 0.6 is 11.3 Å². The average Bonchev–Trinajstić information content (AvgIpc) is 3.24. The second-order valence-electron chi connectivity index (χ2n) is 5.02. The first-order valence-corrected chi connectivity index (χ1v) is 7.54. The number of nitrogens with zero attached hydrogens (tertiary/aromatic N) is 2. The molecule has 0 aliphatic heterocycles. The van der Waals surface area contributed by atoms with Crippen LogP contribution in [-0.4, -0.2) is 30.2 Å². The average molecular weight is 304 g/mol. The fraction of sp³-hybridized carbons (Fsp3) is 0.333.